The zero-order chi connectivity index (χ0) is 19.3. The number of nitrogens with zero attached hydrogens (tertiary/aromatic N) is 1. The number of nitrogens with one attached hydrogen (secondary N) is 1. The first kappa shape index (κ1) is 19.9. The molecule has 0 aliphatic heterocycles. The second-order valence-electron chi connectivity index (χ2n) is 5.70. The van der Waals surface area contributed by atoms with Gasteiger partial charge >= 0.3 is 0 Å². The molecule has 0 heterocycles. The molecular weight excluding hydrogens is 376 g/mol. The Hall–Kier alpha value is -2.38. The van der Waals surface area contributed by atoms with Crippen molar-refractivity contribution < 1.29 is 18.0 Å². The van der Waals surface area contributed by atoms with E-state index in [4.69, 9.17) is 11.6 Å². The number of rotatable bonds is 7. The molecule has 8 heteroatoms. The fraction of sp³-hybridized carbons (Fsp3) is 0.222. The van der Waals surface area contributed by atoms with Gasteiger partial charge in [0.15, 0.2) is 5.78 Å². The van der Waals surface area contributed by atoms with Crippen LogP contribution in [0.5, 0.6) is 0 Å². The van der Waals surface area contributed by atoms with Crippen molar-refractivity contribution >= 4 is 39.0 Å². The van der Waals surface area contributed by atoms with Crippen molar-refractivity contribution in [2.75, 3.05) is 23.7 Å². The number of halogens is 1. The largest absolute Gasteiger partial charge is 0.350 e. The third kappa shape index (κ3) is 5.31. The lowest BCUT2D eigenvalue weighted by molar-refractivity contribution is 0.0953. The molecule has 0 atom stereocenters. The van der Waals surface area contributed by atoms with Crippen LogP contribution in [0.15, 0.2) is 48.5 Å². The molecule has 26 heavy (non-hydrogen) atoms. The molecule has 2 aromatic carbocycles. The van der Waals surface area contributed by atoms with Crippen molar-refractivity contribution in [2.24, 2.45) is 0 Å². The van der Waals surface area contributed by atoms with Gasteiger partial charge in [0.05, 0.1) is 18.5 Å². The number of carbonyl (C=O) groups is 2. The summed E-state index contributed by atoms with van der Waals surface area (Å²) >= 11 is 5.78. The van der Waals surface area contributed by atoms with Crippen molar-refractivity contribution in [1.29, 1.82) is 0 Å². The van der Waals surface area contributed by atoms with Gasteiger partial charge in [-0.1, -0.05) is 11.6 Å². The minimum atomic E-state index is -3.54. The number of anilines is 1. The van der Waals surface area contributed by atoms with Gasteiger partial charge in [-0.25, -0.2) is 8.42 Å². The first-order chi connectivity index (χ1) is 12.2. The van der Waals surface area contributed by atoms with E-state index in [9.17, 15) is 18.0 Å². The lowest BCUT2D eigenvalue weighted by Crippen LogP contribution is -2.38. The molecule has 1 amide bonds. The van der Waals surface area contributed by atoms with E-state index in [-0.39, 0.29) is 24.8 Å². The second-order valence-corrected chi connectivity index (χ2v) is 8.04. The molecule has 0 spiro atoms. The predicted octanol–water partition coefficient (Wildman–Crippen LogP) is 2.74. The first-order valence-corrected chi connectivity index (χ1v) is 10.0. The van der Waals surface area contributed by atoms with Gasteiger partial charge in [0.25, 0.3) is 5.91 Å². The lowest BCUT2D eigenvalue weighted by Gasteiger charge is -2.22. The highest BCUT2D eigenvalue weighted by molar-refractivity contribution is 7.92. The molecule has 0 saturated carbocycles. The smallest absolute Gasteiger partial charge is 0.251 e. The SMILES string of the molecule is CC(=O)c1ccc(N(CCNC(=O)c2ccc(Cl)cc2)S(C)(=O)=O)cc1. The molecule has 6 nitrogen and oxygen atoms in total. The average Bonchev–Trinajstić information content (AvgIpc) is 2.58. The molecule has 0 fully saturated rings. The summed E-state index contributed by atoms with van der Waals surface area (Å²) in [5.74, 6) is -0.417. The molecule has 1 N–H and O–H groups in total. The zero-order valence-electron chi connectivity index (χ0n) is 14.4. The van der Waals surface area contributed by atoms with Crippen molar-refractivity contribution in [3.63, 3.8) is 0 Å². The highest BCUT2D eigenvalue weighted by Crippen LogP contribution is 2.18. The summed E-state index contributed by atoms with van der Waals surface area (Å²) in [7, 11) is -3.54. The number of amides is 1. The van der Waals surface area contributed by atoms with Gasteiger partial charge in [0.1, 0.15) is 0 Å². The van der Waals surface area contributed by atoms with E-state index >= 15 is 0 Å². The van der Waals surface area contributed by atoms with Crippen LogP contribution in [0, 0.1) is 0 Å². The lowest BCUT2D eigenvalue weighted by atomic mass is 10.1. The van der Waals surface area contributed by atoms with E-state index in [0.29, 0.717) is 21.8 Å². The Balaban J connectivity index is 2.06. The molecule has 0 aliphatic carbocycles. The monoisotopic (exact) mass is 394 g/mol. The molecule has 138 valence electrons. The van der Waals surface area contributed by atoms with Crippen LogP contribution in [0.1, 0.15) is 27.6 Å². The number of hydrogen-bond donors (Lipinski definition) is 1. The van der Waals surface area contributed by atoms with Crippen LogP contribution in [-0.4, -0.2) is 39.5 Å². The standard InChI is InChI=1S/C18H19ClN2O4S/c1-13(22)14-5-9-17(10-6-14)21(26(2,24)25)12-11-20-18(23)15-3-7-16(19)8-4-15/h3-10H,11-12H2,1-2H3,(H,20,23). The molecule has 0 aliphatic rings. The Morgan fingerprint density at radius 3 is 2.04 bits per heavy atom. The van der Waals surface area contributed by atoms with Crippen LogP contribution in [0.25, 0.3) is 0 Å². The van der Waals surface area contributed by atoms with E-state index in [1.807, 2.05) is 0 Å². The summed E-state index contributed by atoms with van der Waals surface area (Å²) < 4.78 is 25.3. The predicted molar refractivity (Wildman–Crippen MR) is 102 cm³/mol. The highest BCUT2D eigenvalue weighted by atomic mass is 35.5. The second kappa shape index (κ2) is 8.33. The molecule has 0 bridgehead atoms. The Morgan fingerprint density at radius 2 is 1.54 bits per heavy atom. The number of carbonyl (C=O) groups excluding carboxylic acids is 2. The molecule has 0 saturated heterocycles. The van der Waals surface area contributed by atoms with Crippen LogP contribution in [-0.2, 0) is 10.0 Å². The van der Waals surface area contributed by atoms with Gasteiger partial charge < -0.3 is 5.32 Å². The van der Waals surface area contributed by atoms with Crippen molar-refractivity contribution in [2.45, 2.75) is 6.92 Å². The molecule has 0 unspecified atom stereocenters. The topological polar surface area (TPSA) is 83.6 Å². The first-order valence-electron chi connectivity index (χ1n) is 7.81. The van der Waals surface area contributed by atoms with E-state index in [1.54, 1.807) is 48.5 Å². The van der Waals surface area contributed by atoms with Crippen LogP contribution < -0.4 is 9.62 Å². The minimum Gasteiger partial charge on any atom is -0.350 e. The Morgan fingerprint density at radius 1 is 1.00 bits per heavy atom. The summed E-state index contributed by atoms with van der Waals surface area (Å²) in [5, 5.41) is 3.20. The zero-order valence-corrected chi connectivity index (χ0v) is 16.0. The maximum Gasteiger partial charge on any atom is 0.251 e. The summed E-state index contributed by atoms with van der Waals surface area (Å²) in [6, 6.07) is 12.7. The molecule has 0 radical (unpaired) electrons. The number of ketones is 1. The third-order valence-electron chi connectivity index (χ3n) is 3.67. The Bertz CT molecular complexity index is 894. The number of Topliss-reactive ketones (excluding diaryl/α,β-unsaturated/α-hetero) is 1. The van der Waals surface area contributed by atoms with E-state index < -0.39 is 10.0 Å². The average molecular weight is 395 g/mol. The van der Waals surface area contributed by atoms with Gasteiger partial charge in [-0.05, 0) is 55.5 Å². The van der Waals surface area contributed by atoms with Crippen molar-refractivity contribution in [3.8, 4) is 0 Å². The van der Waals surface area contributed by atoms with Crippen molar-refractivity contribution in [3.05, 3.63) is 64.7 Å². The molecular formula is C18H19ClN2O4S. The van der Waals surface area contributed by atoms with Crippen LogP contribution in [0.3, 0.4) is 0 Å². The minimum absolute atomic E-state index is 0.0670. The number of hydrogen-bond acceptors (Lipinski definition) is 4. The Labute approximate surface area is 157 Å². The highest BCUT2D eigenvalue weighted by Gasteiger charge is 2.18. The summed E-state index contributed by atoms with van der Waals surface area (Å²) in [4.78, 5) is 23.4. The van der Waals surface area contributed by atoms with Gasteiger partial charge in [0, 0.05) is 22.7 Å². The van der Waals surface area contributed by atoms with Crippen LogP contribution in [0.2, 0.25) is 5.02 Å². The summed E-state index contributed by atoms with van der Waals surface area (Å²) in [5.41, 5.74) is 1.36. The number of benzene rings is 2. The Kier molecular flexibility index (Phi) is 6.39. The normalized spacial score (nSPS) is 11.0. The van der Waals surface area contributed by atoms with Crippen LogP contribution >= 0.6 is 11.6 Å². The fourth-order valence-corrected chi connectivity index (χ4v) is 3.38. The summed E-state index contributed by atoms with van der Waals surface area (Å²) in [6.45, 7) is 1.64. The van der Waals surface area contributed by atoms with Gasteiger partial charge in [-0.3, -0.25) is 13.9 Å². The number of sulfonamides is 1. The third-order valence-corrected chi connectivity index (χ3v) is 5.12. The van der Waals surface area contributed by atoms with Gasteiger partial charge in [-0.15, -0.1) is 0 Å². The fourth-order valence-electron chi connectivity index (χ4n) is 2.32. The van der Waals surface area contributed by atoms with Gasteiger partial charge in [0.2, 0.25) is 10.0 Å². The maximum atomic E-state index is 12.1. The quantitative estimate of drug-likeness (QED) is 0.732. The maximum absolute atomic E-state index is 12.1. The van der Waals surface area contributed by atoms with Crippen LogP contribution in [0.4, 0.5) is 5.69 Å². The van der Waals surface area contributed by atoms with E-state index in [1.165, 1.54) is 11.2 Å². The van der Waals surface area contributed by atoms with E-state index in [2.05, 4.69) is 5.32 Å². The molecule has 2 aromatic rings. The van der Waals surface area contributed by atoms with Crippen molar-refractivity contribution in [1.82, 2.24) is 5.32 Å². The summed E-state index contributed by atoms with van der Waals surface area (Å²) in [6.07, 6.45) is 1.09. The molecule has 0 aromatic heterocycles. The van der Waals surface area contributed by atoms with E-state index in [0.717, 1.165) is 6.26 Å². The van der Waals surface area contributed by atoms with Gasteiger partial charge in [-0.2, -0.15) is 0 Å². The molecule has 2 rings (SSSR count).